The summed E-state index contributed by atoms with van der Waals surface area (Å²) < 4.78 is 53.8. The fraction of sp³-hybridized carbons (Fsp3) is 0.182. The van der Waals surface area contributed by atoms with Crippen molar-refractivity contribution in [3.8, 4) is 0 Å². The number of allylic oxidation sites excluding steroid dienone is 1. The molecule has 0 aliphatic carbocycles. The molecule has 2 amide bonds. The summed E-state index contributed by atoms with van der Waals surface area (Å²) in [7, 11) is 0. The second kappa shape index (κ2) is 11.0. The number of rotatable bonds is 9. The third-order valence-electron chi connectivity index (χ3n) is 4.38. The molecule has 34 heavy (non-hydrogen) atoms. The lowest BCUT2D eigenvalue weighted by molar-refractivity contribution is -0.137. The Hall–Kier alpha value is -3.67. The molecule has 2 aromatic carbocycles. The molecule has 0 aliphatic heterocycles. The molecule has 0 unspecified atom stereocenters. The number of aromatic nitrogens is 3. The van der Waals surface area contributed by atoms with Gasteiger partial charge >= 0.3 is 6.18 Å². The summed E-state index contributed by atoms with van der Waals surface area (Å²) in [4.78, 5) is 24.6. The van der Waals surface area contributed by atoms with Gasteiger partial charge in [-0.1, -0.05) is 36.0 Å². The number of carbonyl (C=O) groups is 2. The number of nitrogens with one attached hydrogen (secondary N) is 2. The van der Waals surface area contributed by atoms with Crippen LogP contribution < -0.4 is 10.6 Å². The van der Waals surface area contributed by atoms with Crippen molar-refractivity contribution < 1.29 is 27.2 Å². The van der Waals surface area contributed by atoms with Gasteiger partial charge in [-0.2, -0.15) is 13.2 Å². The molecule has 0 fully saturated rings. The maximum Gasteiger partial charge on any atom is 0.416 e. The molecule has 7 nitrogen and oxygen atoms in total. The lowest BCUT2D eigenvalue weighted by Gasteiger charge is -2.10. The highest BCUT2D eigenvalue weighted by Gasteiger charge is 2.30. The van der Waals surface area contributed by atoms with Crippen LogP contribution in [-0.4, -0.2) is 32.3 Å². The van der Waals surface area contributed by atoms with Gasteiger partial charge in [-0.3, -0.25) is 9.59 Å². The Labute approximate surface area is 196 Å². The highest BCUT2D eigenvalue weighted by atomic mass is 32.2. The van der Waals surface area contributed by atoms with Gasteiger partial charge in [0.2, 0.25) is 11.8 Å². The number of carbonyl (C=O) groups excluding carboxylic acids is 2. The number of nitrogens with zero attached hydrogens (tertiary/aromatic N) is 3. The largest absolute Gasteiger partial charge is 0.416 e. The second-order valence-electron chi connectivity index (χ2n) is 6.92. The summed E-state index contributed by atoms with van der Waals surface area (Å²) >= 11 is 0.994. The summed E-state index contributed by atoms with van der Waals surface area (Å²) in [6.07, 6.45) is -3.17. The van der Waals surface area contributed by atoms with Crippen LogP contribution in [0.2, 0.25) is 0 Å². The van der Waals surface area contributed by atoms with E-state index in [0.29, 0.717) is 5.16 Å². The Morgan fingerprint density at radius 2 is 1.82 bits per heavy atom. The Morgan fingerprint density at radius 3 is 2.53 bits per heavy atom. The smallest absolute Gasteiger partial charge is 0.325 e. The van der Waals surface area contributed by atoms with Gasteiger partial charge in [-0.25, -0.2) is 4.39 Å². The van der Waals surface area contributed by atoms with Gasteiger partial charge in [0.05, 0.1) is 23.4 Å². The zero-order chi connectivity index (χ0) is 24.7. The number of thioether (sulfide) groups is 1. The average molecular weight is 493 g/mol. The van der Waals surface area contributed by atoms with Crippen molar-refractivity contribution in [2.45, 2.75) is 24.3 Å². The van der Waals surface area contributed by atoms with Crippen molar-refractivity contribution in [2.24, 2.45) is 0 Å². The Morgan fingerprint density at radius 1 is 1.06 bits per heavy atom. The van der Waals surface area contributed by atoms with E-state index in [-0.39, 0.29) is 35.9 Å². The van der Waals surface area contributed by atoms with E-state index < -0.39 is 29.4 Å². The van der Waals surface area contributed by atoms with E-state index in [1.165, 1.54) is 30.3 Å². The minimum absolute atomic E-state index is 0.0125. The van der Waals surface area contributed by atoms with Gasteiger partial charge in [0.15, 0.2) is 5.16 Å². The fourth-order valence-electron chi connectivity index (χ4n) is 2.87. The van der Waals surface area contributed by atoms with Crippen LogP contribution in [0.15, 0.2) is 66.3 Å². The lowest BCUT2D eigenvalue weighted by Crippen LogP contribution is -2.19. The minimum atomic E-state index is -4.52. The number of hydrogen-bond acceptors (Lipinski definition) is 5. The number of hydrogen-bond donors (Lipinski definition) is 2. The molecule has 3 rings (SSSR count). The number of benzene rings is 2. The molecular weight excluding hydrogens is 474 g/mol. The van der Waals surface area contributed by atoms with Crippen molar-refractivity contribution in [1.29, 1.82) is 0 Å². The number of amides is 2. The van der Waals surface area contributed by atoms with Gasteiger partial charge in [0.1, 0.15) is 11.6 Å². The first kappa shape index (κ1) is 25.0. The van der Waals surface area contributed by atoms with Crippen LogP contribution in [0, 0.1) is 5.82 Å². The highest BCUT2D eigenvalue weighted by molar-refractivity contribution is 7.99. The maximum absolute atomic E-state index is 13.7. The van der Waals surface area contributed by atoms with Crippen LogP contribution in [0.4, 0.5) is 28.9 Å². The van der Waals surface area contributed by atoms with Gasteiger partial charge in [0.25, 0.3) is 0 Å². The summed E-state index contributed by atoms with van der Waals surface area (Å²) in [6, 6.07) is 10.0. The topological polar surface area (TPSA) is 88.9 Å². The molecule has 0 atom stereocenters. The van der Waals surface area contributed by atoms with Crippen molar-refractivity contribution in [2.75, 3.05) is 16.4 Å². The Kier molecular flexibility index (Phi) is 8.05. The van der Waals surface area contributed by atoms with Crippen LogP contribution in [0.1, 0.15) is 11.4 Å². The molecular formula is C22H19F4N5O2S. The number of halogens is 4. The molecule has 12 heteroatoms. The Balaban J connectivity index is 1.63. The lowest BCUT2D eigenvalue weighted by atomic mass is 10.2. The molecule has 0 saturated heterocycles. The molecule has 0 bridgehead atoms. The normalized spacial score (nSPS) is 11.2. The molecule has 0 spiro atoms. The molecule has 0 radical (unpaired) electrons. The van der Waals surface area contributed by atoms with E-state index >= 15 is 0 Å². The standard InChI is InChI=1S/C22H19F4N5O2S/c1-2-10-31-18(12-19(32)28-17-9-4-3-8-16(17)23)29-30-21(31)34-13-20(33)27-15-7-5-6-14(11-15)22(24,25)26/h2-9,11H,1,10,12-13H2,(H,27,33)(H,28,32). The summed E-state index contributed by atoms with van der Waals surface area (Å²) in [5, 5.41) is 13.1. The van der Waals surface area contributed by atoms with Crippen molar-refractivity contribution in [1.82, 2.24) is 14.8 Å². The van der Waals surface area contributed by atoms with Crippen LogP contribution in [-0.2, 0) is 28.7 Å². The van der Waals surface area contributed by atoms with Crippen LogP contribution >= 0.6 is 11.8 Å². The Bertz CT molecular complexity index is 1200. The predicted octanol–water partition coefficient (Wildman–Crippen LogP) is 4.53. The zero-order valence-corrected chi connectivity index (χ0v) is 18.4. The number of para-hydroxylation sites is 1. The van der Waals surface area contributed by atoms with E-state index in [1.807, 2.05) is 0 Å². The third-order valence-corrected chi connectivity index (χ3v) is 5.34. The molecule has 3 aromatic rings. The SMILES string of the molecule is C=CCn1c(CC(=O)Nc2ccccc2F)nnc1SCC(=O)Nc1cccc(C(F)(F)F)c1. The molecule has 0 saturated carbocycles. The average Bonchev–Trinajstić information content (AvgIpc) is 3.15. The molecule has 178 valence electrons. The fourth-order valence-corrected chi connectivity index (χ4v) is 3.64. The van der Waals surface area contributed by atoms with Crippen molar-refractivity contribution in [3.63, 3.8) is 0 Å². The summed E-state index contributed by atoms with van der Waals surface area (Å²) in [5.74, 6) is -1.52. The third kappa shape index (κ3) is 6.67. The first-order valence-corrected chi connectivity index (χ1v) is 10.8. The van der Waals surface area contributed by atoms with Gasteiger partial charge < -0.3 is 15.2 Å². The second-order valence-corrected chi connectivity index (χ2v) is 7.86. The summed E-state index contributed by atoms with van der Waals surface area (Å²) in [5.41, 5.74) is -0.830. The van der Waals surface area contributed by atoms with Crippen LogP contribution in [0.5, 0.6) is 0 Å². The first-order chi connectivity index (χ1) is 16.2. The summed E-state index contributed by atoms with van der Waals surface area (Å²) in [6.45, 7) is 3.89. The quantitative estimate of drug-likeness (QED) is 0.260. The van der Waals surface area contributed by atoms with Gasteiger partial charge in [0, 0.05) is 12.2 Å². The monoisotopic (exact) mass is 493 g/mol. The number of alkyl halides is 3. The van der Waals surface area contributed by atoms with Crippen LogP contribution in [0.3, 0.4) is 0 Å². The first-order valence-electron chi connectivity index (χ1n) is 9.84. The van der Waals surface area contributed by atoms with E-state index in [4.69, 9.17) is 0 Å². The van der Waals surface area contributed by atoms with E-state index in [0.717, 1.165) is 23.9 Å². The van der Waals surface area contributed by atoms with Crippen LogP contribution in [0.25, 0.3) is 0 Å². The molecule has 2 N–H and O–H groups in total. The highest BCUT2D eigenvalue weighted by Crippen LogP contribution is 2.30. The molecule has 1 heterocycles. The van der Waals surface area contributed by atoms with E-state index in [1.54, 1.807) is 16.7 Å². The van der Waals surface area contributed by atoms with Crippen molar-refractivity contribution in [3.05, 3.63) is 78.4 Å². The van der Waals surface area contributed by atoms with E-state index in [9.17, 15) is 27.2 Å². The molecule has 0 aliphatic rings. The maximum atomic E-state index is 13.7. The van der Waals surface area contributed by atoms with Gasteiger partial charge in [-0.15, -0.1) is 16.8 Å². The van der Waals surface area contributed by atoms with Crippen molar-refractivity contribution >= 4 is 35.0 Å². The predicted molar refractivity (Wildman–Crippen MR) is 120 cm³/mol. The number of anilines is 2. The van der Waals surface area contributed by atoms with E-state index in [2.05, 4.69) is 27.4 Å². The molecule has 1 aromatic heterocycles. The van der Waals surface area contributed by atoms with Gasteiger partial charge in [-0.05, 0) is 30.3 Å². The zero-order valence-electron chi connectivity index (χ0n) is 17.6. The minimum Gasteiger partial charge on any atom is -0.325 e.